The predicted octanol–water partition coefficient (Wildman–Crippen LogP) is 4.32. The zero-order valence-corrected chi connectivity index (χ0v) is 15.9. The smallest absolute Gasteiger partial charge is 0.317 e. The van der Waals surface area contributed by atoms with Gasteiger partial charge in [-0.05, 0) is 55.2 Å². The van der Waals surface area contributed by atoms with Gasteiger partial charge in [-0.1, -0.05) is 42.0 Å². The molecule has 0 unspecified atom stereocenters. The van der Waals surface area contributed by atoms with E-state index in [1.54, 1.807) is 20.1 Å². The number of carbonyl (C=O) groups excluding carboxylic acids is 2. The number of methoxy groups -OCH3 is 1. The normalized spacial score (nSPS) is 19.4. The van der Waals surface area contributed by atoms with Crippen LogP contribution in [0, 0.1) is 12.8 Å². The van der Waals surface area contributed by atoms with Crippen molar-refractivity contribution in [3.05, 3.63) is 71.3 Å². The number of hydrogen-bond acceptors (Lipinski definition) is 4. The summed E-state index contributed by atoms with van der Waals surface area (Å²) in [6.45, 7) is 4.03. The first-order chi connectivity index (χ1) is 13.0. The summed E-state index contributed by atoms with van der Waals surface area (Å²) in [7, 11) is 1.60. The number of ketones is 1. The fraction of sp³-hybridized carbons (Fsp3) is 0.304. The van der Waals surface area contributed by atoms with Gasteiger partial charge in [0, 0.05) is 5.92 Å². The summed E-state index contributed by atoms with van der Waals surface area (Å²) in [5, 5.41) is 0. The van der Waals surface area contributed by atoms with E-state index in [1.807, 2.05) is 49.4 Å². The highest BCUT2D eigenvalue weighted by Crippen LogP contribution is 2.41. The maximum atomic E-state index is 12.9. The molecule has 0 aromatic heterocycles. The Morgan fingerprint density at radius 1 is 1.15 bits per heavy atom. The number of esters is 1. The van der Waals surface area contributed by atoms with Crippen LogP contribution in [0.1, 0.15) is 36.0 Å². The van der Waals surface area contributed by atoms with Crippen molar-refractivity contribution in [2.45, 2.75) is 26.2 Å². The summed E-state index contributed by atoms with van der Waals surface area (Å²) in [5.74, 6) is -1.08. The monoisotopic (exact) mass is 364 g/mol. The van der Waals surface area contributed by atoms with Crippen molar-refractivity contribution < 1.29 is 19.1 Å². The van der Waals surface area contributed by atoms with Gasteiger partial charge < -0.3 is 9.47 Å². The molecule has 4 nitrogen and oxygen atoms in total. The number of hydrogen-bond donors (Lipinski definition) is 0. The lowest BCUT2D eigenvalue weighted by atomic mass is 9.73. The van der Waals surface area contributed by atoms with Crippen LogP contribution in [0.5, 0.6) is 5.75 Å². The zero-order valence-electron chi connectivity index (χ0n) is 15.9. The van der Waals surface area contributed by atoms with Gasteiger partial charge in [0.05, 0.1) is 13.7 Å². The Balaban J connectivity index is 2.04. The molecule has 140 valence electrons. The average molecular weight is 364 g/mol. The fourth-order valence-electron chi connectivity index (χ4n) is 3.61. The molecule has 0 N–H and O–H groups in total. The summed E-state index contributed by atoms with van der Waals surface area (Å²) in [6, 6.07) is 15.6. The van der Waals surface area contributed by atoms with Gasteiger partial charge in [0.25, 0.3) is 0 Å². The lowest BCUT2D eigenvalue weighted by molar-refractivity contribution is -0.151. The van der Waals surface area contributed by atoms with Gasteiger partial charge >= 0.3 is 5.97 Å². The molecule has 0 saturated heterocycles. The van der Waals surface area contributed by atoms with Crippen LogP contribution in [0.15, 0.2) is 54.6 Å². The number of carbonyl (C=O) groups is 2. The van der Waals surface area contributed by atoms with Crippen molar-refractivity contribution in [1.29, 1.82) is 0 Å². The Morgan fingerprint density at radius 3 is 2.63 bits per heavy atom. The molecule has 2 aromatic carbocycles. The third-order valence-electron chi connectivity index (χ3n) is 4.92. The highest BCUT2D eigenvalue weighted by molar-refractivity contribution is 6.10. The minimum atomic E-state index is -0.828. The second kappa shape index (κ2) is 8.21. The van der Waals surface area contributed by atoms with Crippen molar-refractivity contribution >= 4 is 17.3 Å². The first-order valence-corrected chi connectivity index (χ1v) is 9.15. The predicted molar refractivity (Wildman–Crippen MR) is 105 cm³/mol. The van der Waals surface area contributed by atoms with Gasteiger partial charge in [-0.2, -0.15) is 0 Å². The molecule has 2 aromatic rings. The van der Waals surface area contributed by atoms with E-state index in [2.05, 4.69) is 6.07 Å². The maximum Gasteiger partial charge on any atom is 0.317 e. The van der Waals surface area contributed by atoms with Crippen molar-refractivity contribution in [2.75, 3.05) is 13.7 Å². The van der Waals surface area contributed by atoms with E-state index in [4.69, 9.17) is 9.47 Å². The summed E-state index contributed by atoms with van der Waals surface area (Å²) in [6.07, 6.45) is 2.19. The van der Waals surface area contributed by atoms with E-state index >= 15 is 0 Å². The van der Waals surface area contributed by atoms with Crippen LogP contribution < -0.4 is 4.74 Å². The molecule has 1 aliphatic carbocycles. The molecule has 1 aliphatic rings. The summed E-state index contributed by atoms with van der Waals surface area (Å²) < 4.78 is 10.5. The summed E-state index contributed by atoms with van der Waals surface area (Å²) in [5.41, 5.74) is 3.99. The third kappa shape index (κ3) is 4.11. The van der Waals surface area contributed by atoms with E-state index in [0.29, 0.717) is 12.2 Å². The van der Waals surface area contributed by atoms with Crippen LogP contribution in [-0.2, 0) is 14.3 Å². The van der Waals surface area contributed by atoms with Crippen LogP contribution in [0.2, 0.25) is 0 Å². The van der Waals surface area contributed by atoms with Gasteiger partial charge in [-0.3, -0.25) is 9.59 Å². The quantitative estimate of drug-likeness (QED) is 0.586. The summed E-state index contributed by atoms with van der Waals surface area (Å²) in [4.78, 5) is 25.4. The molecule has 0 heterocycles. The molecule has 0 fully saturated rings. The molecule has 0 bridgehead atoms. The molecule has 27 heavy (non-hydrogen) atoms. The highest BCUT2D eigenvalue weighted by Gasteiger charge is 2.39. The Hall–Kier alpha value is -2.88. The first kappa shape index (κ1) is 18.9. The van der Waals surface area contributed by atoms with E-state index in [1.165, 1.54) is 0 Å². The molecule has 0 saturated carbocycles. The third-order valence-corrected chi connectivity index (χ3v) is 4.92. The van der Waals surface area contributed by atoms with E-state index in [9.17, 15) is 9.59 Å². The molecular formula is C23H24O4. The van der Waals surface area contributed by atoms with Crippen LogP contribution in [-0.4, -0.2) is 25.5 Å². The molecule has 0 aliphatic heterocycles. The number of benzene rings is 2. The van der Waals surface area contributed by atoms with Gasteiger partial charge in [-0.25, -0.2) is 0 Å². The molecule has 0 amide bonds. The van der Waals surface area contributed by atoms with Crippen LogP contribution >= 0.6 is 0 Å². The Morgan fingerprint density at radius 2 is 1.93 bits per heavy atom. The number of rotatable bonds is 5. The van der Waals surface area contributed by atoms with Crippen molar-refractivity contribution in [1.82, 2.24) is 0 Å². The summed E-state index contributed by atoms with van der Waals surface area (Å²) >= 11 is 0. The average Bonchev–Trinajstić information content (AvgIpc) is 2.67. The van der Waals surface area contributed by atoms with Crippen molar-refractivity contribution in [3.63, 3.8) is 0 Å². The lowest BCUT2D eigenvalue weighted by Crippen LogP contribution is -2.34. The van der Waals surface area contributed by atoms with E-state index < -0.39 is 11.9 Å². The van der Waals surface area contributed by atoms with Gasteiger partial charge in [0.2, 0.25) is 0 Å². The molecular weight excluding hydrogens is 340 g/mol. The SMILES string of the molecule is CCOC(=O)[C@@H]1C(=O)C=C(c2cccc(C)c2)C[C@H]1c1cccc(OC)c1. The van der Waals surface area contributed by atoms with Gasteiger partial charge in [0.1, 0.15) is 11.7 Å². The Bertz CT molecular complexity index is 881. The molecule has 2 atom stereocenters. The fourth-order valence-corrected chi connectivity index (χ4v) is 3.61. The van der Waals surface area contributed by atoms with Crippen LogP contribution in [0.25, 0.3) is 5.57 Å². The topological polar surface area (TPSA) is 52.6 Å². The second-order valence-electron chi connectivity index (χ2n) is 6.76. The molecule has 0 spiro atoms. The Labute approximate surface area is 159 Å². The number of allylic oxidation sites excluding steroid dienone is 2. The van der Waals surface area contributed by atoms with Crippen LogP contribution in [0.3, 0.4) is 0 Å². The van der Waals surface area contributed by atoms with Crippen molar-refractivity contribution in [2.24, 2.45) is 5.92 Å². The van der Waals surface area contributed by atoms with E-state index in [0.717, 1.165) is 22.3 Å². The van der Waals surface area contributed by atoms with Gasteiger partial charge in [0.15, 0.2) is 5.78 Å². The number of aryl methyl sites for hydroxylation is 1. The van der Waals surface area contributed by atoms with E-state index in [-0.39, 0.29) is 18.3 Å². The minimum Gasteiger partial charge on any atom is -0.497 e. The first-order valence-electron chi connectivity index (χ1n) is 9.15. The molecule has 0 radical (unpaired) electrons. The molecule has 3 rings (SSSR count). The lowest BCUT2D eigenvalue weighted by Gasteiger charge is -2.29. The van der Waals surface area contributed by atoms with Gasteiger partial charge in [-0.15, -0.1) is 0 Å². The molecule has 4 heteroatoms. The van der Waals surface area contributed by atoms with Crippen molar-refractivity contribution in [3.8, 4) is 5.75 Å². The number of ether oxygens (including phenoxy) is 2. The highest BCUT2D eigenvalue weighted by atomic mass is 16.5. The Kier molecular flexibility index (Phi) is 5.75. The zero-order chi connectivity index (χ0) is 19.4. The maximum absolute atomic E-state index is 12.9. The van der Waals surface area contributed by atoms with Crippen LogP contribution in [0.4, 0.5) is 0 Å². The standard InChI is InChI=1S/C23H24O4/c1-4-27-23(25)22-20(17-9-6-10-19(12-17)26-3)13-18(14-21(22)24)16-8-5-7-15(2)11-16/h5-12,14,20,22H,4,13H2,1-3H3/t20-,22-/m0/s1. The second-order valence-corrected chi connectivity index (χ2v) is 6.76. The minimum absolute atomic E-state index is 0.205. The largest absolute Gasteiger partial charge is 0.497 e.